The van der Waals surface area contributed by atoms with Gasteiger partial charge >= 0.3 is 11.9 Å². The van der Waals surface area contributed by atoms with Crippen molar-refractivity contribution in [1.29, 1.82) is 0 Å². The van der Waals surface area contributed by atoms with Crippen molar-refractivity contribution in [3.8, 4) is 0 Å². The van der Waals surface area contributed by atoms with E-state index in [2.05, 4.69) is 13.2 Å². The molecule has 18 heavy (non-hydrogen) atoms. The summed E-state index contributed by atoms with van der Waals surface area (Å²) in [4.78, 5) is 22.6. The number of hydrogen-bond acceptors (Lipinski definition) is 6. The summed E-state index contributed by atoms with van der Waals surface area (Å²) in [5.74, 6) is -1.47. The fourth-order valence-corrected chi connectivity index (χ4v) is 0.938. The highest BCUT2D eigenvalue weighted by Crippen LogP contribution is 2.09. The lowest BCUT2D eigenvalue weighted by Crippen LogP contribution is -2.40. The highest BCUT2D eigenvalue weighted by molar-refractivity contribution is 5.88. The summed E-state index contributed by atoms with van der Waals surface area (Å²) in [5, 5.41) is 18.2. The van der Waals surface area contributed by atoms with Gasteiger partial charge in [-0.25, -0.2) is 9.59 Å². The Bertz CT molecular complexity index is 312. The lowest BCUT2D eigenvalue weighted by atomic mass is 10.2. The van der Waals surface area contributed by atoms with Crippen LogP contribution in [0, 0.1) is 0 Å². The fourth-order valence-electron chi connectivity index (χ4n) is 0.938. The van der Waals surface area contributed by atoms with Gasteiger partial charge in [-0.05, 0) is 13.8 Å². The summed E-state index contributed by atoms with van der Waals surface area (Å²) in [7, 11) is 0. The molecule has 0 aromatic carbocycles. The van der Waals surface area contributed by atoms with Gasteiger partial charge in [-0.3, -0.25) is 0 Å². The minimum absolute atomic E-state index is 0.136. The zero-order valence-corrected chi connectivity index (χ0v) is 10.5. The molecule has 0 amide bonds. The van der Waals surface area contributed by atoms with E-state index in [9.17, 15) is 9.59 Å². The minimum Gasteiger partial charge on any atom is -0.453 e. The average Bonchev–Trinajstić information content (AvgIpc) is 2.32. The molecule has 0 saturated heterocycles. The molecule has 0 unspecified atom stereocenters. The Morgan fingerprint density at radius 2 is 1.22 bits per heavy atom. The molecule has 0 aliphatic rings. The third kappa shape index (κ3) is 5.11. The van der Waals surface area contributed by atoms with E-state index < -0.39 is 37.4 Å². The van der Waals surface area contributed by atoms with Crippen molar-refractivity contribution < 1.29 is 29.3 Å². The number of ether oxygens (including phenoxy) is 2. The molecule has 6 nitrogen and oxygen atoms in total. The predicted octanol–water partition coefficient (Wildman–Crippen LogP) is -0.0532. The maximum Gasteiger partial charge on any atom is 0.333 e. The van der Waals surface area contributed by atoms with E-state index in [4.69, 9.17) is 19.7 Å². The normalized spacial score (nSPS) is 13.3. The van der Waals surface area contributed by atoms with Crippen molar-refractivity contribution in [2.75, 3.05) is 13.2 Å². The Balaban J connectivity index is 4.67. The van der Waals surface area contributed by atoms with Gasteiger partial charge in [0, 0.05) is 11.1 Å². The standard InChI is InChI=1S/C12H18O6/c1-7(2)11(15)17-9(5-13)10(6-14)18-12(16)8(3)4/h9-10,13-14H,1,3,5-6H2,2,4H3/t9-,10+. The van der Waals surface area contributed by atoms with Crippen LogP contribution in [0.4, 0.5) is 0 Å². The maximum atomic E-state index is 11.3. The number of aliphatic hydroxyl groups excluding tert-OH is 2. The van der Waals surface area contributed by atoms with Crippen LogP contribution in [0.15, 0.2) is 24.3 Å². The van der Waals surface area contributed by atoms with Gasteiger partial charge in [0.2, 0.25) is 0 Å². The second kappa shape index (κ2) is 7.62. The molecule has 2 N–H and O–H groups in total. The summed E-state index contributed by atoms with van der Waals surface area (Å²) in [6.07, 6.45) is -2.30. The van der Waals surface area contributed by atoms with Gasteiger partial charge in [-0.1, -0.05) is 13.2 Å². The second-order valence-electron chi connectivity index (χ2n) is 3.81. The van der Waals surface area contributed by atoms with Gasteiger partial charge in [-0.2, -0.15) is 0 Å². The monoisotopic (exact) mass is 258 g/mol. The Morgan fingerprint density at radius 3 is 1.39 bits per heavy atom. The first-order valence-electron chi connectivity index (χ1n) is 5.28. The molecule has 0 bridgehead atoms. The molecular weight excluding hydrogens is 240 g/mol. The predicted molar refractivity (Wildman–Crippen MR) is 63.6 cm³/mol. The maximum absolute atomic E-state index is 11.3. The molecule has 0 aliphatic carbocycles. The molecule has 0 spiro atoms. The summed E-state index contributed by atoms with van der Waals surface area (Å²) in [6, 6.07) is 0. The molecule has 0 fully saturated rings. The molecule has 2 atom stereocenters. The SMILES string of the molecule is C=C(C)C(=O)O[C@@H](CO)[C@@H](CO)OC(=O)C(=C)C. The van der Waals surface area contributed by atoms with Gasteiger partial charge in [-0.15, -0.1) is 0 Å². The van der Waals surface area contributed by atoms with Crippen molar-refractivity contribution in [3.63, 3.8) is 0 Å². The Labute approximate surface area is 106 Å². The highest BCUT2D eigenvalue weighted by Gasteiger charge is 2.28. The van der Waals surface area contributed by atoms with Crippen molar-refractivity contribution in [1.82, 2.24) is 0 Å². The van der Waals surface area contributed by atoms with E-state index in [1.54, 1.807) is 0 Å². The van der Waals surface area contributed by atoms with E-state index in [1.807, 2.05) is 0 Å². The number of esters is 2. The first-order valence-corrected chi connectivity index (χ1v) is 5.28. The Hall–Kier alpha value is -1.66. The summed E-state index contributed by atoms with van der Waals surface area (Å²) >= 11 is 0. The van der Waals surface area contributed by atoms with E-state index in [0.717, 1.165) is 0 Å². The molecule has 0 heterocycles. The van der Waals surface area contributed by atoms with Crippen LogP contribution in [0.2, 0.25) is 0 Å². The number of carbonyl (C=O) groups is 2. The molecule has 0 aliphatic heterocycles. The average molecular weight is 258 g/mol. The lowest BCUT2D eigenvalue weighted by molar-refractivity contribution is -0.169. The molecular formula is C12H18O6. The van der Waals surface area contributed by atoms with Crippen LogP contribution in [0.3, 0.4) is 0 Å². The second-order valence-corrected chi connectivity index (χ2v) is 3.81. The van der Waals surface area contributed by atoms with Crippen LogP contribution in [0.5, 0.6) is 0 Å². The summed E-state index contributed by atoms with van der Waals surface area (Å²) < 4.78 is 9.68. The van der Waals surface area contributed by atoms with Crippen molar-refractivity contribution >= 4 is 11.9 Å². The van der Waals surface area contributed by atoms with Crippen LogP contribution < -0.4 is 0 Å². The lowest BCUT2D eigenvalue weighted by Gasteiger charge is -2.24. The van der Waals surface area contributed by atoms with E-state index in [0.29, 0.717) is 0 Å². The first kappa shape index (κ1) is 16.3. The number of hydrogen-bond donors (Lipinski definition) is 2. The van der Waals surface area contributed by atoms with Gasteiger partial charge in [0.1, 0.15) is 0 Å². The summed E-state index contributed by atoms with van der Waals surface area (Å²) in [5.41, 5.74) is 0.271. The number of rotatable bonds is 7. The Morgan fingerprint density at radius 1 is 0.944 bits per heavy atom. The van der Waals surface area contributed by atoms with Crippen LogP contribution in [0.25, 0.3) is 0 Å². The van der Waals surface area contributed by atoms with E-state index in [1.165, 1.54) is 13.8 Å². The molecule has 0 aromatic rings. The Kier molecular flexibility index (Phi) is 6.92. The minimum atomic E-state index is -1.15. The van der Waals surface area contributed by atoms with Gasteiger partial charge in [0.25, 0.3) is 0 Å². The zero-order chi connectivity index (χ0) is 14.3. The smallest absolute Gasteiger partial charge is 0.333 e. The van der Waals surface area contributed by atoms with Crippen molar-refractivity contribution in [2.45, 2.75) is 26.1 Å². The van der Waals surface area contributed by atoms with Gasteiger partial charge < -0.3 is 19.7 Å². The van der Waals surface area contributed by atoms with Crippen LogP contribution >= 0.6 is 0 Å². The quantitative estimate of drug-likeness (QED) is 0.491. The topological polar surface area (TPSA) is 93.1 Å². The molecule has 0 rings (SSSR count). The van der Waals surface area contributed by atoms with Crippen molar-refractivity contribution in [3.05, 3.63) is 24.3 Å². The van der Waals surface area contributed by atoms with Crippen LogP contribution in [0.1, 0.15) is 13.8 Å². The number of aliphatic hydroxyl groups is 2. The fraction of sp³-hybridized carbons (Fsp3) is 0.500. The van der Waals surface area contributed by atoms with Gasteiger partial charge in [0.05, 0.1) is 13.2 Å². The molecule has 102 valence electrons. The third-order valence-corrected chi connectivity index (χ3v) is 1.99. The zero-order valence-electron chi connectivity index (χ0n) is 10.5. The van der Waals surface area contributed by atoms with E-state index in [-0.39, 0.29) is 11.1 Å². The largest absolute Gasteiger partial charge is 0.453 e. The van der Waals surface area contributed by atoms with E-state index >= 15 is 0 Å². The molecule has 6 heteroatoms. The highest BCUT2D eigenvalue weighted by atomic mass is 16.6. The van der Waals surface area contributed by atoms with Crippen LogP contribution in [-0.4, -0.2) is 47.6 Å². The summed E-state index contributed by atoms with van der Waals surface area (Å²) in [6.45, 7) is 8.44. The molecule has 0 radical (unpaired) electrons. The molecule has 0 aromatic heterocycles. The molecule has 0 saturated carbocycles. The van der Waals surface area contributed by atoms with Crippen molar-refractivity contribution in [2.24, 2.45) is 0 Å². The third-order valence-electron chi connectivity index (χ3n) is 1.99. The van der Waals surface area contributed by atoms with Gasteiger partial charge in [0.15, 0.2) is 12.2 Å². The first-order chi connectivity index (χ1) is 8.33. The number of carbonyl (C=O) groups excluding carboxylic acids is 2. The van der Waals surface area contributed by atoms with Crippen LogP contribution in [-0.2, 0) is 19.1 Å².